The molecule has 0 bridgehead atoms. The third-order valence-corrected chi connectivity index (χ3v) is 4.12. The van der Waals surface area contributed by atoms with Crippen molar-refractivity contribution in [2.24, 2.45) is 0 Å². The number of Topliss-reactive ketones (excluding diaryl/α,β-unsaturated/α-hetero) is 1. The number of morpholine rings is 1. The molecule has 0 saturated carbocycles. The van der Waals surface area contributed by atoms with E-state index in [1.165, 1.54) is 12.1 Å². The van der Waals surface area contributed by atoms with Crippen LogP contribution in [-0.4, -0.2) is 30.5 Å². The van der Waals surface area contributed by atoms with E-state index in [9.17, 15) is 4.79 Å². The van der Waals surface area contributed by atoms with Gasteiger partial charge in [0, 0.05) is 25.1 Å². The number of ketones is 1. The highest BCUT2D eigenvalue weighted by molar-refractivity contribution is 6.33. The van der Waals surface area contributed by atoms with Crippen molar-refractivity contribution in [2.45, 2.75) is 12.5 Å². The van der Waals surface area contributed by atoms with Gasteiger partial charge in [0.1, 0.15) is 10.3 Å². The molecular formula is C17H16Cl2N2O2. The lowest BCUT2D eigenvalue weighted by atomic mass is 10.0. The lowest BCUT2D eigenvalue weighted by Gasteiger charge is -2.24. The molecule has 2 heterocycles. The van der Waals surface area contributed by atoms with E-state index >= 15 is 0 Å². The van der Waals surface area contributed by atoms with Gasteiger partial charge in [-0.3, -0.25) is 4.79 Å². The van der Waals surface area contributed by atoms with Gasteiger partial charge in [0.05, 0.1) is 12.7 Å². The largest absolute Gasteiger partial charge is 0.371 e. The number of carbonyl (C=O) groups excluding carboxylic acids is 1. The number of carbonyl (C=O) groups is 1. The van der Waals surface area contributed by atoms with Crippen molar-refractivity contribution >= 4 is 29.0 Å². The first-order chi connectivity index (χ1) is 11.1. The quantitative estimate of drug-likeness (QED) is 0.677. The van der Waals surface area contributed by atoms with Crippen molar-refractivity contribution in [3.05, 3.63) is 63.4 Å². The van der Waals surface area contributed by atoms with E-state index in [0.29, 0.717) is 18.6 Å². The highest BCUT2D eigenvalue weighted by Crippen LogP contribution is 2.20. The van der Waals surface area contributed by atoms with Crippen molar-refractivity contribution in [1.82, 2.24) is 10.3 Å². The predicted molar refractivity (Wildman–Crippen MR) is 90.3 cm³/mol. The third-order valence-electron chi connectivity index (χ3n) is 3.73. The van der Waals surface area contributed by atoms with Crippen LogP contribution in [0.2, 0.25) is 10.3 Å². The molecule has 1 unspecified atom stereocenters. The average Bonchev–Trinajstić information content (AvgIpc) is 2.55. The van der Waals surface area contributed by atoms with Gasteiger partial charge in [0.25, 0.3) is 0 Å². The summed E-state index contributed by atoms with van der Waals surface area (Å²) >= 11 is 11.7. The zero-order valence-corrected chi connectivity index (χ0v) is 13.9. The van der Waals surface area contributed by atoms with Crippen molar-refractivity contribution in [3.63, 3.8) is 0 Å². The third kappa shape index (κ3) is 4.30. The first kappa shape index (κ1) is 16.4. The van der Waals surface area contributed by atoms with Crippen molar-refractivity contribution < 1.29 is 9.53 Å². The molecule has 1 N–H and O–H groups in total. The molecule has 1 aromatic heterocycles. The monoisotopic (exact) mass is 350 g/mol. The second kappa shape index (κ2) is 7.41. The van der Waals surface area contributed by atoms with E-state index < -0.39 is 0 Å². The minimum atomic E-state index is -0.0421. The van der Waals surface area contributed by atoms with Crippen LogP contribution in [0.5, 0.6) is 0 Å². The number of hydrogen-bond donors (Lipinski definition) is 1. The van der Waals surface area contributed by atoms with E-state index in [1.54, 1.807) is 0 Å². The number of nitrogens with one attached hydrogen (secondary N) is 1. The van der Waals surface area contributed by atoms with Crippen LogP contribution in [0, 0.1) is 0 Å². The molecule has 3 rings (SSSR count). The standard InChI is InChI=1S/C17H16Cl2N2O2/c18-16-8-13(9-17(19)21-16)14(22)7-11-1-3-12(4-2-11)15-10-20-5-6-23-15/h1-4,8-9,15,20H,5-7,10H2. The summed E-state index contributed by atoms with van der Waals surface area (Å²) in [4.78, 5) is 16.2. The summed E-state index contributed by atoms with van der Waals surface area (Å²) in [5.41, 5.74) is 2.52. The molecule has 6 heteroatoms. The normalized spacial score (nSPS) is 17.9. The van der Waals surface area contributed by atoms with Crippen LogP contribution in [0.15, 0.2) is 36.4 Å². The Hall–Kier alpha value is -1.46. The van der Waals surface area contributed by atoms with E-state index in [0.717, 1.165) is 24.2 Å². The molecule has 0 amide bonds. The topological polar surface area (TPSA) is 51.2 Å². The second-order valence-corrected chi connectivity index (χ2v) is 6.18. The SMILES string of the molecule is O=C(Cc1ccc(C2CNCCO2)cc1)c1cc(Cl)nc(Cl)c1. The van der Waals surface area contributed by atoms with Gasteiger partial charge in [0.15, 0.2) is 5.78 Å². The van der Waals surface area contributed by atoms with Gasteiger partial charge >= 0.3 is 0 Å². The van der Waals surface area contributed by atoms with Crippen LogP contribution < -0.4 is 5.32 Å². The van der Waals surface area contributed by atoms with Gasteiger partial charge in [-0.1, -0.05) is 47.5 Å². The molecule has 1 atom stereocenters. The van der Waals surface area contributed by atoms with Gasteiger partial charge in [0.2, 0.25) is 0 Å². The number of benzene rings is 1. The summed E-state index contributed by atoms with van der Waals surface area (Å²) in [6.45, 7) is 2.42. The average molecular weight is 351 g/mol. The van der Waals surface area contributed by atoms with E-state index in [4.69, 9.17) is 27.9 Å². The van der Waals surface area contributed by atoms with Crippen LogP contribution >= 0.6 is 23.2 Å². The summed E-state index contributed by atoms with van der Waals surface area (Å²) < 4.78 is 5.71. The fourth-order valence-corrected chi connectivity index (χ4v) is 3.00. The fourth-order valence-electron chi connectivity index (χ4n) is 2.54. The highest BCUT2D eigenvalue weighted by Gasteiger charge is 2.16. The molecule has 0 spiro atoms. The van der Waals surface area contributed by atoms with Gasteiger partial charge < -0.3 is 10.1 Å². The van der Waals surface area contributed by atoms with E-state index in [-0.39, 0.29) is 22.2 Å². The van der Waals surface area contributed by atoms with E-state index in [1.807, 2.05) is 24.3 Å². The Morgan fingerprint density at radius 1 is 1.22 bits per heavy atom. The number of hydrogen-bond acceptors (Lipinski definition) is 4. The summed E-state index contributed by atoms with van der Waals surface area (Å²) in [6.07, 6.45) is 0.368. The molecule has 23 heavy (non-hydrogen) atoms. The molecule has 4 nitrogen and oxygen atoms in total. The molecule has 1 fully saturated rings. The number of aromatic nitrogens is 1. The molecule has 1 aliphatic heterocycles. The molecule has 1 saturated heterocycles. The maximum atomic E-state index is 12.3. The Bertz CT molecular complexity index is 678. The second-order valence-electron chi connectivity index (χ2n) is 5.41. The maximum absolute atomic E-state index is 12.3. The molecule has 0 radical (unpaired) electrons. The molecule has 0 aliphatic carbocycles. The van der Waals surface area contributed by atoms with Crippen LogP contribution in [0.25, 0.3) is 0 Å². The molecule has 120 valence electrons. The molecule has 2 aromatic rings. The summed E-state index contributed by atoms with van der Waals surface area (Å²) in [6, 6.07) is 11.0. The number of ether oxygens (including phenoxy) is 1. The highest BCUT2D eigenvalue weighted by atomic mass is 35.5. The van der Waals surface area contributed by atoms with Crippen molar-refractivity contribution in [1.29, 1.82) is 0 Å². The Morgan fingerprint density at radius 3 is 2.52 bits per heavy atom. The summed E-state index contributed by atoms with van der Waals surface area (Å²) in [7, 11) is 0. The molecular weight excluding hydrogens is 335 g/mol. The van der Waals surface area contributed by atoms with Gasteiger partial charge in [-0.05, 0) is 23.3 Å². The Labute approximate surface area is 144 Å². The van der Waals surface area contributed by atoms with Gasteiger partial charge in [-0.25, -0.2) is 4.98 Å². The minimum absolute atomic E-state index is 0.0421. The van der Waals surface area contributed by atoms with Crippen molar-refractivity contribution in [3.8, 4) is 0 Å². The lowest BCUT2D eigenvalue weighted by Crippen LogP contribution is -2.33. The summed E-state index contributed by atoms with van der Waals surface area (Å²) in [5.74, 6) is -0.0421. The fraction of sp³-hybridized carbons (Fsp3) is 0.294. The lowest BCUT2D eigenvalue weighted by molar-refractivity contribution is 0.0277. The van der Waals surface area contributed by atoms with Crippen LogP contribution in [0.4, 0.5) is 0 Å². The van der Waals surface area contributed by atoms with Crippen molar-refractivity contribution in [2.75, 3.05) is 19.7 Å². The number of nitrogens with zero attached hydrogens (tertiary/aromatic N) is 1. The Kier molecular flexibility index (Phi) is 5.28. The zero-order chi connectivity index (χ0) is 16.2. The number of halogens is 2. The van der Waals surface area contributed by atoms with Crippen LogP contribution in [-0.2, 0) is 11.2 Å². The Morgan fingerprint density at radius 2 is 1.91 bits per heavy atom. The minimum Gasteiger partial charge on any atom is -0.371 e. The molecule has 1 aliphatic rings. The Balaban J connectivity index is 1.68. The van der Waals surface area contributed by atoms with Crippen LogP contribution in [0.1, 0.15) is 27.6 Å². The summed E-state index contributed by atoms with van der Waals surface area (Å²) in [5, 5.41) is 3.74. The first-order valence-corrected chi connectivity index (χ1v) is 8.15. The zero-order valence-electron chi connectivity index (χ0n) is 12.4. The smallest absolute Gasteiger partial charge is 0.167 e. The first-order valence-electron chi connectivity index (χ1n) is 7.39. The number of pyridine rings is 1. The van der Waals surface area contributed by atoms with E-state index in [2.05, 4.69) is 10.3 Å². The molecule has 1 aromatic carbocycles. The number of rotatable bonds is 4. The predicted octanol–water partition coefficient (Wildman–Crippen LogP) is 3.47. The van der Waals surface area contributed by atoms with Crippen LogP contribution in [0.3, 0.4) is 0 Å². The van der Waals surface area contributed by atoms with Gasteiger partial charge in [-0.2, -0.15) is 0 Å². The van der Waals surface area contributed by atoms with Gasteiger partial charge in [-0.15, -0.1) is 0 Å². The maximum Gasteiger partial charge on any atom is 0.167 e.